The van der Waals surface area contributed by atoms with Gasteiger partial charge in [0.2, 0.25) is 5.89 Å². The van der Waals surface area contributed by atoms with Gasteiger partial charge < -0.3 is 9.73 Å². The highest BCUT2D eigenvalue weighted by atomic mass is 32.2. The second-order valence-corrected chi connectivity index (χ2v) is 5.75. The van der Waals surface area contributed by atoms with E-state index in [1.807, 2.05) is 18.7 Å². The number of oxazole rings is 1. The zero-order valence-electron chi connectivity index (χ0n) is 9.49. The molecule has 1 aromatic rings. The molecule has 3 unspecified atom stereocenters. The molecule has 15 heavy (non-hydrogen) atoms. The van der Waals surface area contributed by atoms with Crippen LogP contribution in [0.2, 0.25) is 0 Å². The minimum Gasteiger partial charge on any atom is -0.444 e. The third-order valence-electron chi connectivity index (χ3n) is 2.69. The number of thioether (sulfide) groups is 1. The molecular weight excluding hydrogens is 208 g/mol. The number of aromatic nitrogens is 1. The summed E-state index contributed by atoms with van der Waals surface area (Å²) in [5, 5.41) is 4.34. The van der Waals surface area contributed by atoms with Gasteiger partial charge in [-0.3, -0.25) is 0 Å². The predicted octanol–water partition coefficient (Wildman–Crippen LogP) is 2.53. The molecule has 1 saturated heterocycles. The maximum atomic E-state index is 5.50. The SMILES string of the molecule is Cc1cnc(C(C)NC2CSC(C)C2)o1. The first-order valence-electron chi connectivity index (χ1n) is 5.45. The zero-order valence-corrected chi connectivity index (χ0v) is 10.3. The number of rotatable bonds is 3. The van der Waals surface area contributed by atoms with Gasteiger partial charge in [-0.2, -0.15) is 11.8 Å². The highest BCUT2D eigenvalue weighted by Gasteiger charge is 2.24. The summed E-state index contributed by atoms with van der Waals surface area (Å²) in [5.74, 6) is 2.88. The van der Waals surface area contributed by atoms with Crippen molar-refractivity contribution in [3.05, 3.63) is 17.8 Å². The van der Waals surface area contributed by atoms with E-state index in [9.17, 15) is 0 Å². The molecule has 0 aromatic carbocycles. The third-order valence-corrected chi connectivity index (χ3v) is 4.05. The molecule has 4 heteroatoms. The molecule has 3 atom stereocenters. The van der Waals surface area contributed by atoms with Crippen molar-refractivity contribution in [3.8, 4) is 0 Å². The van der Waals surface area contributed by atoms with Crippen molar-refractivity contribution in [2.45, 2.75) is 44.5 Å². The van der Waals surface area contributed by atoms with E-state index >= 15 is 0 Å². The monoisotopic (exact) mass is 226 g/mol. The molecule has 0 amide bonds. The topological polar surface area (TPSA) is 38.1 Å². The highest BCUT2D eigenvalue weighted by molar-refractivity contribution is 8.00. The van der Waals surface area contributed by atoms with Gasteiger partial charge in [0.25, 0.3) is 0 Å². The van der Waals surface area contributed by atoms with Crippen LogP contribution in [0.1, 0.15) is 38.0 Å². The molecular formula is C11H18N2OS. The summed E-state index contributed by atoms with van der Waals surface area (Å²) in [5.41, 5.74) is 0. The van der Waals surface area contributed by atoms with Gasteiger partial charge >= 0.3 is 0 Å². The Bertz CT molecular complexity index is 326. The Labute approximate surface area is 95.0 Å². The predicted molar refractivity (Wildman–Crippen MR) is 63.1 cm³/mol. The van der Waals surface area contributed by atoms with Crippen LogP contribution in [0.4, 0.5) is 0 Å². The highest BCUT2D eigenvalue weighted by Crippen LogP contribution is 2.27. The van der Waals surface area contributed by atoms with Crippen molar-refractivity contribution in [2.75, 3.05) is 5.75 Å². The zero-order chi connectivity index (χ0) is 10.8. The average Bonchev–Trinajstić information content (AvgIpc) is 2.75. The maximum absolute atomic E-state index is 5.50. The summed E-state index contributed by atoms with van der Waals surface area (Å²) in [6.07, 6.45) is 3.02. The van der Waals surface area contributed by atoms with Gasteiger partial charge in [0.15, 0.2) is 0 Å². The van der Waals surface area contributed by atoms with Gasteiger partial charge in [-0.25, -0.2) is 4.98 Å². The molecule has 1 aliphatic heterocycles. The molecule has 1 fully saturated rings. The van der Waals surface area contributed by atoms with Crippen LogP contribution in [0.5, 0.6) is 0 Å². The van der Waals surface area contributed by atoms with Crippen LogP contribution in [0.15, 0.2) is 10.6 Å². The number of nitrogens with zero attached hydrogens (tertiary/aromatic N) is 1. The summed E-state index contributed by atoms with van der Waals surface area (Å²) in [6, 6.07) is 0.821. The number of nitrogens with one attached hydrogen (secondary N) is 1. The lowest BCUT2D eigenvalue weighted by molar-refractivity contribution is 0.376. The van der Waals surface area contributed by atoms with E-state index in [1.54, 1.807) is 6.20 Å². The molecule has 0 radical (unpaired) electrons. The third kappa shape index (κ3) is 2.75. The molecule has 0 spiro atoms. The first-order valence-corrected chi connectivity index (χ1v) is 6.50. The second-order valence-electron chi connectivity index (χ2n) is 4.27. The smallest absolute Gasteiger partial charge is 0.211 e. The Kier molecular flexibility index (Phi) is 3.36. The number of hydrogen-bond acceptors (Lipinski definition) is 4. The normalized spacial score (nSPS) is 28.2. The molecule has 1 N–H and O–H groups in total. The van der Waals surface area contributed by atoms with E-state index in [1.165, 1.54) is 12.2 Å². The van der Waals surface area contributed by atoms with E-state index in [0.29, 0.717) is 6.04 Å². The van der Waals surface area contributed by atoms with Gasteiger partial charge in [-0.15, -0.1) is 0 Å². The van der Waals surface area contributed by atoms with Crippen molar-refractivity contribution in [1.82, 2.24) is 10.3 Å². The van der Waals surface area contributed by atoms with Crippen molar-refractivity contribution >= 4 is 11.8 Å². The standard InChI is InChI=1S/C11H18N2OS/c1-7-5-12-11(14-7)9(3)13-10-4-8(2)15-6-10/h5,8-10,13H,4,6H2,1-3H3. The van der Waals surface area contributed by atoms with E-state index in [-0.39, 0.29) is 6.04 Å². The lowest BCUT2D eigenvalue weighted by Crippen LogP contribution is -2.31. The van der Waals surface area contributed by atoms with E-state index < -0.39 is 0 Å². The Morgan fingerprint density at radius 3 is 3.00 bits per heavy atom. The van der Waals surface area contributed by atoms with Crippen molar-refractivity contribution in [1.29, 1.82) is 0 Å². The van der Waals surface area contributed by atoms with Crippen LogP contribution in [-0.2, 0) is 0 Å². The van der Waals surface area contributed by atoms with Crippen LogP contribution in [0.3, 0.4) is 0 Å². The molecule has 0 aliphatic carbocycles. The van der Waals surface area contributed by atoms with Crippen LogP contribution in [0, 0.1) is 6.92 Å². The molecule has 1 aliphatic rings. The second kappa shape index (κ2) is 4.58. The summed E-state index contributed by atoms with van der Waals surface area (Å²) >= 11 is 2.03. The fraction of sp³-hybridized carbons (Fsp3) is 0.727. The first-order chi connectivity index (χ1) is 7.15. The molecule has 2 heterocycles. The van der Waals surface area contributed by atoms with Crippen LogP contribution < -0.4 is 5.32 Å². The lowest BCUT2D eigenvalue weighted by Gasteiger charge is -2.16. The van der Waals surface area contributed by atoms with Crippen molar-refractivity contribution in [2.24, 2.45) is 0 Å². The van der Waals surface area contributed by atoms with Crippen LogP contribution in [0.25, 0.3) is 0 Å². The molecule has 0 bridgehead atoms. The van der Waals surface area contributed by atoms with Gasteiger partial charge in [0, 0.05) is 17.0 Å². The van der Waals surface area contributed by atoms with Gasteiger partial charge in [0.05, 0.1) is 12.2 Å². The summed E-state index contributed by atoms with van der Waals surface area (Å²) in [6.45, 7) is 6.32. The minimum absolute atomic E-state index is 0.217. The van der Waals surface area contributed by atoms with E-state index in [2.05, 4.69) is 24.1 Å². The Morgan fingerprint density at radius 1 is 1.67 bits per heavy atom. The minimum atomic E-state index is 0.217. The summed E-state index contributed by atoms with van der Waals surface area (Å²) in [7, 11) is 0. The quantitative estimate of drug-likeness (QED) is 0.859. The Balaban J connectivity index is 1.89. The largest absolute Gasteiger partial charge is 0.444 e. The Hall–Kier alpha value is -0.480. The maximum Gasteiger partial charge on any atom is 0.211 e. The average molecular weight is 226 g/mol. The van der Waals surface area contributed by atoms with Crippen molar-refractivity contribution < 1.29 is 4.42 Å². The van der Waals surface area contributed by atoms with Gasteiger partial charge in [0.1, 0.15) is 5.76 Å². The van der Waals surface area contributed by atoms with Gasteiger partial charge in [-0.1, -0.05) is 6.92 Å². The van der Waals surface area contributed by atoms with Crippen LogP contribution >= 0.6 is 11.8 Å². The molecule has 2 rings (SSSR count). The number of hydrogen-bond donors (Lipinski definition) is 1. The molecule has 1 aromatic heterocycles. The number of aryl methyl sites for hydroxylation is 1. The molecule has 0 saturated carbocycles. The molecule has 84 valence electrons. The molecule has 3 nitrogen and oxygen atoms in total. The van der Waals surface area contributed by atoms with E-state index in [0.717, 1.165) is 16.9 Å². The fourth-order valence-electron chi connectivity index (χ4n) is 1.93. The fourth-order valence-corrected chi connectivity index (χ4v) is 3.09. The van der Waals surface area contributed by atoms with Gasteiger partial charge in [-0.05, 0) is 20.3 Å². The summed E-state index contributed by atoms with van der Waals surface area (Å²) < 4.78 is 5.50. The van der Waals surface area contributed by atoms with Crippen LogP contribution in [-0.4, -0.2) is 22.0 Å². The van der Waals surface area contributed by atoms with Crippen molar-refractivity contribution in [3.63, 3.8) is 0 Å². The summed E-state index contributed by atoms with van der Waals surface area (Å²) in [4.78, 5) is 4.24. The van der Waals surface area contributed by atoms with E-state index in [4.69, 9.17) is 4.42 Å². The first kappa shape index (κ1) is 11.0. The Morgan fingerprint density at radius 2 is 2.47 bits per heavy atom. The lowest BCUT2D eigenvalue weighted by atomic mass is 10.2.